The van der Waals surface area contributed by atoms with Gasteiger partial charge in [0, 0.05) is 14.7 Å². The summed E-state index contributed by atoms with van der Waals surface area (Å²) in [5, 5.41) is 10.8. The average molecular weight is 311 g/mol. The number of carboxylic acid groups (broad SMARTS) is 1. The maximum atomic E-state index is 10.7. The summed E-state index contributed by atoms with van der Waals surface area (Å²) in [6, 6.07) is 3.40. The zero-order valence-electron chi connectivity index (χ0n) is 8.50. The van der Waals surface area contributed by atoms with Gasteiger partial charge in [0.05, 0.1) is 5.69 Å². The van der Waals surface area contributed by atoms with Crippen LogP contribution >= 0.6 is 27.3 Å². The van der Waals surface area contributed by atoms with Crippen molar-refractivity contribution in [2.75, 3.05) is 0 Å². The third-order valence-electron chi connectivity index (χ3n) is 1.91. The molecule has 2 heterocycles. The van der Waals surface area contributed by atoms with Gasteiger partial charge in [0.1, 0.15) is 6.33 Å². The summed E-state index contributed by atoms with van der Waals surface area (Å²) in [4.78, 5) is 19.4. The van der Waals surface area contributed by atoms with Gasteiger partial charge in [-0.25, -0.2) is 14.8 Å². The first-order valence-electron chi connectivity index (χ1n) is 4.62. The zero-order valence-corrected chi connectivity index (χ0v) is 10.9. The van der Waals surface area contributed by atoms with Crippen LogP contribution in [0.5, 0.6) is 0 Å². The Morgan fingerprint density at radius 2 is 2.18 bits per heavy atom. The van der Waals surface area contributed by atoms with Crippen molar-refractivity contribution in [3.8, 4) is 0 Å². The van der Waals surface area contributed by atoms with Crippen molar-refractivity contribution < 1.29 is 9.90 Å². The van der Waals surface area contributed by atoms with E-state index < -0.39 is 5.97 Å². The summed E-state index contributed by atoms with van der Waals surface area (Å²) in [5.41, 5.74) is 0.564. The predicted molar refractivity (Wildman–Crippen MR) is 69.9 cm³/mol. The van der Waals surface area contributed by atoms with Gasteiger partial charge in [-0.15, -0.1) is 11.3 Å². The Labute approximate surface area is 110 Å². The van der Waals surface area contributed by atoms with Crippen LogP contribution in [0, 0.1) is 0 Å². The van der Waals surface area contributed by atoms with Crippen molar-refractivity contribution in [3.05, 3.63) is 44.6 Å². The molecule has 0 amide bonds. The summed E-state index contributed by atoms with van der Waals surface area (Å²) in [5.74, 6) is -1.05. The Kier molecular flexibility index (Phi) is 3.65. The van der Waals surface area contributed by atoms with Gasteiger partial charge in [0.2, 0.25) is 0 Å². The van der Waals surface area contributed by atoms with E-state index >= 15 is 0 Å². The molecule has 2 aromatic heterocycles. The Hall–Kier alpha value is -1.53. The van der Waals surface area contributed by atoms with Crippen molar-refractivity contribution in [1.82, 2.24) is 9.97 Å². The molecule has 0 saturated carbocycles. The van der Waals surface area contributed by atoms with E-state index in [-0.39, 0.29) is 5.69 Å². The second-order valence-electron chi connectivity index (χ2n) is 3.13. The Bertz CT molecular complexity index is 580. The van der Waals surface area contributed by atoms with Crippen LogP contribution in [0.4, 0.5) is 0 Å². The molecule has 1 N–H and O–H groups in total. The zero-order chi connectivity index (χ0) is 12.3. The lowest BCUT2D eigenvalue weighted by Gasteiger charge is -1.94. The predicted octanol–water partition coefficient (Wildman–Crippen LogP) is 3.17. The highest BCUT2D eigenvalue weighted by atomic mass is 79.9. The van der Waals surface area contributed by atoms with Crippen molar-refractivity contribution in [3.63, 3.8) is 0 Å². The summed E-state index contributed by atoms with van der Waals surface area (Å²) in [6.45, 7) is 0. The first kappa shape index (κ1) is 11.9. The highest BCUT2D eigenvalue weighted by Gasteiger charge is 2.04. The molecule has 2 aromatic rings. The smallest absolute Gasteiger partial charge is 0.354 e. The van der Waals surface area contributed by atoms with E-state index in [9.17, 15) is 4.79 Å². The van der Waals surface area contributed by atoms with Gasteiger partial charge < -0.3 is 5.11 Å². The van der Waals surface area contributed by atoms with Crippen molar-refractivity contribution in [2.45, 2.75) is 0 Å². The lowest BCUT2D eigenvalue weighted by atomic mass is 10.3. The molecule has 86 valence electrons. The minimum Gasteiger partial charge on any atom is -0.477 e. The molecule has 6 heteroatoms. The van der Waals surface area contributed by atoms with E-state index in [0.717, 1.165) is 9.35 Å². The number of hydrogen-bond donors (Lipinski definition) is 1. The van der Waals surface area contributed by atoms with Gasteiger partial charge >= 0.3 is 5.97 Å². The van der Waals surface area contributed by atoms with Gasteiger partial charge in [-0.05, 0) is 40.2 Å². The van der Waals surface area contributed by atoms with Crippen LogP contribution in [-0.4, -0.2) is 21.0 Å². The van der Waals surface area contributed by atoms with E-state index in [2.05, 4.69) is 25.9 Å². The number of aromatic nitrogens is 2. The molecule has 0 aliphatic carbocycles. The monoisotopic (exact) mass is 310 g/mol. The van der Waals surface area contributed by atoms with Crippen LogP contribution in [0.2, 0.25) is 0 Å². The molecule has 2 rings (SSSR count). The summed E-state index contributed by atoms with van der Waals surface area (Å²) >= 11 is 4.95. The van der Waals surface area contributed by atoms with E-state index in [1.165, 1.54) is 12.4 Å². The van der Waals surface area contributed by atoms with Gasteiger partial charge in [0.25, 0.3) is 0 Å². The van der Waals surface area contributed by atoms with Crippen LogP contribution < -0.4 is 0 Å². The maximum Gasteiger partial charge on any atom is 0.354 e. The van der Waals surface area contributed by atoms with Crippen LogP contribution in [0.15, 0.2) is 28.3 Å². The number of carboxylic acids is 1. The number of aromatic carboxylic acids is 1. The second kappa shape index (κ2) is 5.20. The molecule has 0 bridgehead atoms. The van der Waals surface area contributed by atoms with Gasteiger partial charge in [-0.2, -0.15) is 0 Å². The van der Waals surface area contributed by atoms with Crippen molar-refractivity contribution >= 4 is 45.4 Å². The van der Waals surface area contributed by atoms with Gasteiger partial charge in [-0.1, -0.05) is 0 Å². The number of thiophene rings is 1. The number of halogens is 1. The highest BCUT2D eigenvalue weighted by Crippen LogP contribution is 2.21. The molecule has 0 atom stereocenters. The second-order valence-corrected chi connectivity index (χ2v) is 4.99. The molecular weight excluding hydrogens is 304 g/mol. The Balaban J connectivity index is 2.21. The van der Waals surface area contributed by atoms with Gasteiger partial charge in [-0.3, -0.25) is 0 Å². The van der Waals surface area contributed by atoms with Crippen LogP contribution in [-0.2, 0) is 0 Å². The number of nitrogens with zero attached hydrogens (tertiary/aromatic N) is 2. The SMILES string of the molecule is O=C(O)c1cc(/C=C/c2cc(Br)cs2)ncn1. The average Bonchev–Trinajstić information content (AvgIpc) is 2.73. The molecule has 0 fully saturated rings. The third-order valence-corrected chi connectivity index (χ3v) is 3.57. The number of rotatable bonds is 3. The number of carbonyl (C=O) groups is 1. The normalized spacial score (nSPS) is 10.9. The molecule has 0 unspecified atom stereocenters. The minimum atomic E-state index is -1.05. The standard InChI is InChI=1S/C11H7BrN2O2S/c12-7-3-9(17-5-7)2-1-8-4-10(11(15)16)14-6-13-8/h1-6H,(H,15,16)/b2-1+. The first-order valence-corrected chi connectivity index (χ1v) is 6.30. The molecule has 17 heavy (non-hydrogen) atoms. The van der Waals surface area contributed by atoms with Crippen molar-refractivity contribution in [1.29, 1.82) is 0 Å². The van der Waals surface area contributed by atoms with E-state index in [4.69, 9.17) is 5.11 Å². The fraction of sp³-hybridized carbons (Fsp3) is 0. The molecule has 0 radical (unpaired) electrons. The molecular formula is C11H7BrN2O2S. The molecule has 0 aromatic carbocycles. The topological polar surface area (TPSA) is 63.1 Å². The molecule has 4 nitrogen and oxygen atoms in total. The Morgan fingerprint density at radius 1 is 1.35 bits per heavy atom. The van der Waals surface area contributed by atoms with Gasteiger partial charge in [0.15, 0.2) is 5.69 Å². The highest BCUT2D eigenvalue weighted by molar-refractivity contribution is 9.10. The third kappa shape index (κ3) is 3.21. The first-order chi connectivity index (χ1) is 8.15. The largest absolute Gasteiger partial charge is 0.477 e. The molecule has 0 spiro atoms. The lowest BCUT2D eigenvalue weighted by Crippen LogP contribution is -2.00. The van der Waals surface area contributed by atoms with E-state index in [1.54, 1.807) is 17.4 Å². The van der Waals surface area contributed by atoms with Crippen molar-refractivity contribution in [2.24, 2.45) is 0 Å². The van der Waals surface area contributed by atoms with E-state index in [1.807, 2.05) is 17.5 Å². The minimum absolute atomic E-state index is 0.00740. The van der Waals surface area contributed by atoms with Crippen LogP contribution in [0.25, 0.3) is 12.2 Å². The molecule has 0 aliphatic rings. The summed E-state index contributed by atoms with van der Waals surface area (Å²) < 4.78 is 1.02. The Morgan fingerprint density at radius 3 is 2.82 bits per heavy atom. The van der Waals surface area contributed by atoms with Crippen LogP contribution in [0.3, 0.4) is 0 Å². The summed E-state index contributed by atoms with van der Waals surface area (Å²) in [6.07, 6.45) is 4.88. The number of hydrogen-bond acceptors (Lipinski definition) is 4. The maximum absolute atomic E-state index is 10.7. The fourth-order valence-corrected chi connectivity index (χ4v) is 2.50. The van der Waals surface area contributed by atoms with E-state index in [0.29, 0.717) is 5.69 Å². The molecule has 0 saturated heterocycles. The van der Waals surface area contributed by atoms with Crippen LogP contribution in [0.1, 0.15) is 21.1 Å². The summed E-state index contributed by atoms with van der Waals surface area (Å²) in [7, 11) is 0. The lowest BCUT2D eigenvalue weighted by molar-refractivity contribution is 0.0690. The quantitative estimate of drug-likeness (QED) is 0.945. The molecule has 0 aliphatic heterocycles. The fourth-order valence-electron chi connectivity index (χ4n) is 1.16.